The predicted octanol–water partition coefficient (Wildman–Crippen LogP) is 1.03. The first-order valence-electron chi connectivity index (χ1n) is 4.80. The largest absolute Gasteiger partial charge is 0.514 e. The molecular weight excluding hydrogens is 196 g/mol. The maximum atomic E-state index is 8.95. The summed E-state index contributed by atoms with van der Waals surface area (Å²) in [6.07, 6.45) is 4.98. The minimum atomic E-state index is 0.443. The van der Waals surface area contributed by atoms with Gasteiger partial charge in [0.2, 0.25) is 0 Å². The average molecular weight is 212 g/mol. The van der Waals surface area contributed by atoms with Gasteiger partial charge in [-0.25, -0.2) is 0 Å². The zero-order valence-electron chi connectivity index (χ0n) is 8.44. The van der Waals surface area contributed by atoms with Crippen LogP contribution in [-0.4, -0.2) is 23.4 Å². The molecule has 0 aliphatic carbocycles. The van der Waals surface area contributed by atoms with Gasteiger partial charge in [-0.15, -0.1) is 0 Å². The van der Waals surface area contributed by atoms with Crippen molar-refractivity contribution >= 4 is 0 Å². The van der Waals surface area contributed by atoms with Gasteiger partial charge in [0, 0.05) is 6.42 Å². The standard InChI is InChI=1S/C10H16N2O3/c11-4-1-5-15-10-3-2-8(6-13)12-9(10)7-14/h3,6-7,12-14H,1-2,4-5,11H2. The first-order chi connectivity index (χ1) is 7.31. The highest BCUT2D eigenvalue weighted by Gasteiger charge is 2.14. The van der Waals surface area contributed by atoms with E-state index in [1.807, 2.05) is 0 Å². The Labute approximate surface area is 88.5 Å². The molecule has 0 fully saturated rings. The second-order valence-electron chi connectivity index (χ2n) is 3.09. The third kappa shape index (κ3) is 3.21. The molecule has 0 aromatic carbocycles. The van der Waals surface area contributed by atoms with E-state index in [0.29, 0.717) is 36.7 Å². The summed E-state index contributed by atoms with van der Waals surface area (Å²) in [7, 11) is 0. The van der Waals surface area contributed by atoms with Crippen LogP contribution >= 0.6 is 0 Å². The zero-order chi connectivity index (χ0) is 11.1. The molecule has 0 aromatic heterocycles. The highest BCUT2D eigenvalue weighted by Crippen LogP contribution is 2.19. The monoisotopic (exact) mass is 212 g/mol. The molecule has 0 atom stereocenters. The normalized spacial score (nSPS) is 21.3. The summed E-state index contributed by atoms with van der Waals surface area (Å²) >= 11 is 0. The second-order valence-corrected chi connectivity index (χ2v) is 3.09. The summed E-state index contributed by atoms with van der Waals surface area (Å²) in [6, 6.07) is 0. The number of rotatable bonds is 4. The molecule has 5 nitrogen and oxygen atoms in total. The predicted molar refractivity (Wildman–Crippen MR) is 56.9 cm³/mol. The summed E-state index contributed by atoms with van der Waals surface area (Å²) in [5.74, 6) is 0.580. The Morgan fingerprint density at radius 1 is 1.47 bits per heavy atom. The second kappa shape index (κ2) is 5.98. The van der Waals surface area contributed by atoms with Gasteiger partial charge in [0.25, 0.3) is 0 Å². The van der Waals surface area contributed by atoms with Crippen LogP contribution < -0.4 is 11.1 Å². The molecule has 1 aliphatic heterocycles. The van der Waals surface area contributed by atoms with Crippen molar-refractivity contribution in [2.24, 2.45) is 5.73 Å². The molecule has 0 radical (unpaired) electrons. The van der Waals surface area contributed by atoms with E-state index in [4.69, 9.17) is 20.7 Å². The molecule has 5 heteroatoms. The minimum Gasteiger partial charge on any atom is -0.514 e. The molecule has 0 aromatic rings. The molecule has 0 saturated carbocycles. The highest BCUT2D eigenvalue weighted by molar-refractivity contribution is 5.32. The Balaban J connectivity index is 2.59. The van der Waals surface area contributed by atoms with Crippen molar-refractivity contribution in [3.63, 3.8) is 0 Å². The van der Waals surface area contributed by atoms with Crippen LogP contribution in [0.3, 0.4) is 0 Å². The van der Waals surface area contributed by atoms with Crippen molar-refractivity contribution in [1.82, 2.24) is 5.32 Å². The summed E-state index contributed by atoms with van der Waals surface area (Å²) < 4.78 is 5.40. The van der Waals surface area contributed by atoms with E-state index in [-0.39, 0.29) is 0 Å². The van der Waals surface area contributed by atoms with Crippen LogP contribution in [0.5, 0.6) is 0 Å². The molecule has 0 saturated heterocycles. The van der Waals surface area contributed by atoms with Gasteiger partial charge < -0.3 is 26.0 Å². The molecule has 0 amide bonds. The lowest BCUT2D eigenvalue weighted by molar-refractivity contribution is 0.210. The third-order valence-corrected chi connectivity index (χ3v) is 1.96. The molecule has 5 N–H and O–H groups in total. The number of nitrogens with one attached hydrogen (secondary N) is 1. The average Bonchev–Trinajstić information content (AvgIpc) is 2.29. The van der Waals surface area contributed by atoms with E-state index < -0.39 is 0 Å². The lowest BCUT2D eigenvalue weighted by Gasteiger charge is -2.20. The van der Waals surface area contributed by atoms with E-state index in [0.717, 1.165) is 18.9 Å². The van der Waals surface area contributed by atoms with Crippen LogP contribution in [0.25, 0.3) is 0 Å². The van der Waals surface area contributed by atoms with Gasteiger partial charge in [-0.05, 0) is 19.0 Å². The first kappa shape index (κ1) is 11.5. The number of hydrogen-bond acceptors (Lipinski definition) is 5. The Morgan fingerprint density at radius 3 is 2.87 bits per heavy atom. The fraction of sp³-hybridized carbons (Fsp3) is 0.400. The highest BCUT2D eigenvalue weighted by atomic mass is 16.5. The summed E-state index contributed by atoms with van der Waals surface area (Å²) in [4.78, 5) is 0. The number of aliphatic hydroxyl groups excluding tert-OH is 2. The molecule has 0 unspecified atom stereocenters. The van der Waals surface area contributed by atoms with Crippen LogP contribution in [0.15, 0.2) is 35.8 Å². The first-order valence-corrected chi connectivity index (χ1v) is 4.80. The Hall–Kier alpha value is -1.62. The van der Waals surface area contributed by atoms with Crippen molar-refractivity contribution in [3.05, 3.63) is 35.8 Å². The minimum absolute atomic E-state index is 0.443. The molecule has 1 rings (SSSR count). The molecule has 1 heterocycles. The van der Waals surface area contributed by atoms with Crippen molar-refractivity contribution in [3.8, 4) is 0 Å². The fourth-order valence-electron chi connectivity index (χ4n) is 1.18. The van der Waals surface area contributed by atoms with E-state index in [1.165, 1.54) is 0 Å². The molecular formula is C10H16N2O3. The van der Waals surface area contributed by atoms with E-state index >= 15 is 0 Å². The third-order valence-electron chi connectivity index (χ3n) is 1.96. The molecule has 15 heavy (non-hydrogen) atoms. The lowest BCUT2D eigenvalue weighted by Crippen LogP contribution is -2.20. The van der Waals surface area contributed by atoms with E-state index in [1.54, 1.807) is 6.08 Å². The number of aliphatic hydroxyl groups is 2. The van der Waals surface area contributed by atoms with Crippen molar-refractivity contribution < 1.29 is 14.9 Å². The van der Waals surface area contributed by atoms with Crippen molar-refractivity contribution in [2.75, 3.05) is 13.2 Å². The van der Waals surface area contributed by atoms with Crippen molar-refractivity contribution in [1.29, 1.82) is 0 Å². The topological polar surface area (TPSA) is 87.7 Å². The Morgan fingerprint density at radius 2 is 2.27 bits per heavy atom. The molecule has 84 valence electrons. The van der Waals surface area contributed by atoms with Crippen LogP contribution in [-0.2, 0) is 4.74 Å². The summed E-state index contributed by atoms with van der Waals surface area (Å²) in [5, 5.41) is 20.6. The van der Waals surface area contributed by atoms with Gasteiger partial charge in [0.1, 0.15) is 17.7 Å². The van der Waals surface area contributed by atoms with Crippen LogP contribution in [0, 0.1) is 0 Å². The smallest absolute Gasteiger partial charge is 0.142 e. The van der Waals surface area contributed by atoms with Gasteiger partial charge in [-0.3, -0.25) is 0 Å². The Kier molecular flexibility index (Phi) is 4.56. The van der Waals surface area contributed by atoms with Crippen LogP contribution in [0.2, 0.25) is 0 Å². The van der Waals surface area contributed by atoms with Crippen LogP contribution in [0.4, 0.5) is 0 Å². The number of ether oxygens (including phenoxy) is 1. The molecule has 1 aliphatic rings. The van der Waals surface area contributed by atoms with Gasteiger partial charge in [0.15, 0.2) is 0 Å². The van der Waals surface area contributed by atoms with Gasteiger partial charge >= 0.3 is 0 Å². The SMILES string of the molecule is NCCCOC1=CCC(=CO)NC1=CO. The zero-order valence-corrected chi connectivity index (χ0v) is 8.44. The lowest BCUT2D eigenvalue weighted by atomic mass is 10.2. The molecule has 0 spiro atoms. The number of hydrogen-bond donors (Lipinski definition) is 4. The van der Waals surface area contributed by atoms with Gasteiger partial charge in [0.05, 0.1) is 18.6 Å². The maximum Gasteiger partial charge on any atom is 0.142 e. The quantitative estimate of drug-likeness (QED) is 0.413. The van der Waals surface area contributed by atoms with Gasteiger partial charge in [-0.1, -0.05) is 0 Å². The van der Waals surface area contributed by atoms with Crippen LogP contribution in [0.1, 0.15) is 12.8 Å². The fourth-order valence-corrected chi connectivity index (χ4v) is 1.18. The van der Waals surface area contributed by atoms with E-state index in [2.05, 4.69) is 5.32 Å². The number of nitrogens with two attached hydrogens (primary N) is 1. The Bertz CT molecular complexity index is 295. The van der Waals surface area contributed by atoms with Gasteiger partial charge in [-0.2, -0.15) is 0 Å². The number of allylic oxidation sites excluding steroid dienone is 1. The van der Waals surface area contributed by atoms with E-state index in [9.17, 15) is 0 Å². The molecule has 0 bridgehead atoms. The maximum absolute atomic E-state index is 8.95. The summed E-state index contributed by atoms with van der Waals surface area (Å²) in [6.45, 7) is 1.08. The summed E-state index contributed by atoms with van der Waals surface area (Å²) in [5.41, 5.74) is 6.39. The van der Waals surface area contributed by atoms with Crippen molar-refractivity contribution in [2.45, 2.75) is 12.8 Å².